The summed E-state index contributed by atoms with van der Waals surface area (Å²) in [6, 6.07) is 6.62. The summed E-state index contributed by atoms with van der Waals surface area (Å²) >= 11 is 3.33. The van der Waals surface area contributed by atoms with E-state index in [4.69, 9.17) is 0 Å². The Balaban J connectivity index is 1.97. The van der Waals surface area contributed by atoms with Crippen molar-refractivity contribution in [2.45, 2.75) is 12.5 Å². The van der Waals surface area contributed by atoms with Gasteiger partial charge in [-0.15, -0.1) is 0 Å². The van der Waals surface area contributed by atoms with E-state index >= 15 is 0 Å². The van der Waals surface area contributed by atoms with E-state index in [0.29, 0.717) is 18.8 Å². The molecule has 0 aliphatic carbocycles. The topological polar surface area (TPSA) is 88.9 Å². The van der Waals surface area contributed by atoms with Gasteiger partial charge >= 0.3 is 5.97 Å². The lowest BCUT2D eigenvalue weighted by Gasteiger charge is -2.30. The quantitative estimate of drug-likeness (QED) is 0.587. The van der Waals surface area contributed by atoms with Crippen LogP contribution in [0.15, 0.2) is 28.7 Å². The lowest BCUT2D eigenvalue weighted by Crippen LogP contribution is -3.20. The SMILES string of the molecule is COC(=O)C[C@H]1C(=O)NCC[NH+]1CC(=O)Nc1ccc(Br)cc1. The van der Waals surface area contributed by atoms with E-state index in [0.717, 1.165) is 9.37 Å². The van der Waals surface area contributed by atoms with Crippen LogP contribution in [0.3, 0.4) is 0 Å². The fourth-order valence-electron chi connectivity index (χ4n) is 2.47. The largest absolute Gasteiger partial charge is 0.469 e. The van der Waals surface area contributed by atoms with Crippen molar-refractivity contribution in [1.29, 1.82) is 0 Å². The Hall–Kier alpha value is -1.93. The van der Waals surface area contributed by atoms with Crippen LogP contribution in [-0.2, 0) is 19.1 Å². The first kappa shape index (κ1) is 17.4. The summed E-state index contributed by atoms with van der Waals surface area (Å²) in [5.74, 6) is -0.891. The monoisotopic (exact) mass is 384 g/mol. The van der Waals surface area contributed by atoms with E-state index in [2.05, 4.69) is 31.3 Å². The molecule has 8 heteroatoms. The Morgan fingerprint density at radius 3 is 2.74 bits per heavy atom. The van der Waals surface area contributed by atoms with Gasteiger partial charge in [0.2, 0.25) is 0 Å². The van der Waals surface area contributed by atoms with Gasteiger partial charge in [-0.2, -0.15) is 0 Å². The molecule has 1 unspecified atom stereocenters. The fraction of sp³-hybridized carbons (Fsp3) is 0.400. The maximum absolute atomic E-state index is 12.2. The maximum Gasteiger partial charge on any atom is 0.312 e. The van der Waals surface area contributed by atoms with Crippen LogP contribution < -0.4 is 15.5 Å². The Morgan fingerprint density at radius 1 is 1.39 bits per heavy atom. The van der Waals surface area contributed by atoms with Crippen LogP contribution in [0, 0.1) is 0 Å². The smallest absolute Gasteiger partial charge is 0.312 e. The van der Waals surface area contributed by atoms with Gasteiger partial charge in [0.15, 0.2) is 12.6 Å². The molecule has 1 fully saturated rings. The van der Waals surface area contributed by atoms with Gasteiger partial charge in [-0.3, -0.25) is 14.4 Å². The molecule has 124 valence electrons. The summed E-state index contributed by atoms with van der Waals surface area (Å²) in [6.07, 6.45) is -0.0385. The number of nitrogens with one attached hydrogen (secondary N) is 3. The predicted octanol–water partition coefficient (Wildman–Crippen LogP) is -0.666. The number of quaternary nitrogens is 1. The molecule has 1 aliphatic heterocycles. The van der Waals surface area contributed by atoms with E-state index in [-0.39, 0.29) is 24.8 Å². The van der Waals surface area contributed by atoms with Gasteiger partial charge in [-0.05, 0) is 24.3 Å². The number of piperazine rings is 1. The first-order valence-corrected chi connectivity index (χ1v) is 8.03. The van der Waals surface area contributed by atoms with Gasteiger partial charge in [0.05, 0.1) is 20.2 Å². The molecule has 1 aromatic carbocycles. The molecule has 0 radical (unpaired) electrons. The highest BCUT2D eigenvalue weighted by Gasteiger charge is 2.36. The van der Waals surface area contributed by atoms with Crippen LogP contribution in [0.1, 0.15) is 6.42 Å². The second-order valence-electron chi connectivity index (χ2n) is 5.26. The second kappa shape index (κ2) is 8.07. The number of hydrogen-bond donors (Lipinski definition) is 3. The number of carbonyl (C=O) groups excluding carboxylic acids is 3. The third-order valence-electron chi connectivity index (χ3n) is 3.67. The number of halogens is 1. The molecule has 2 rings (SSSR count). The Morgan fingerprint density at radius 2 is 2.09 bits per heavy atom. The lowest BCUT2D eigenvalue weighted by molar-refractivity contribution is -0.909. The lowest BCUT2D eigenvalue weighted by atomic mass is 10.1. The molecule has 1 heterocycles. The molecule has 3 N–H and O–H groups in total. The zero-order chi connectivity index (χ0) is 16.8. The molecule has 0 saturated carbocycles. The van der Waals surface area contributed by atoms with Crippen molar-refractivity contribution in [3.8, 4) is 0 Å². The predicted molar refractivity (Wildman–Crippen MR) is 86.9 cm³/mol. The van der Waals surface area contributed by atoms with Crippen LogP contribution in [0.25, 0.3) is 0 Å². The number of esters is 1. The van der Waals surface area contributed by atoms with E-state index in [1.807, 2.05) is 12.1 Å². The van der Waals surface area contributed by atoms with Crippen molar-refractivity contribution in [3.05, 3.63) is 28.7 Å². The fourth-order valence-corrected chi connectivity index (χ4v) is 2.74. The van der Waals surface area contributed by atoms with Crippen molar-refractivity contribution in [2.24, 2.45) is 0 Å². The first-order valence-electron chi connectivity index (χ1n) is 7.24. The zero-order valence-corrected chi connectivity index (χ0v) is 14.3. The molecule has 1 aliphatic rings. The second-order valence-corrected chi connectivity index (χ2v) is 6.18. The maximum atomic E-state index is 12.2. The van der Waals surface area contributed by atoms with Crippen molar-refractivity contribution in [2.75, 3.05) is 32.1 Å². The molecule has 1 saturated heterocycles. The molecule has 0 aromatic heterocycles. The molecular weight excluding hydrogens is 366 g/mol. The van der Waals surface area contributed by atoms with Crippen molar-refractivity contribution in [3.63, 3.8) is 0 Å². The van der Waals surface area contributed by atoms with Crippen LogP contribution in [0.2, 0.25) is 0 Å². The number of ether oxygens (including phenoxy) is 1. The third kappa shape index (κ3) is 5.04. The van der Waals surface area contributed by atoms with Crippen molar-refractivity contribution < 1.29 is 24.0 Å². The summed E-state index contributed by atoms with van der Waals surface area (Å²) in [5.41, 5.74) is 0.684. The zero-order valence-electron chi connectivity index (χ0n) is 12.7. The van der Waals surface area contributed by atoms with Gasteiger partial charge in [-0.25, -0.2) is 0 Å². The minimum atomic E-state index is -0.605. The van der Waals surface area contributed by atoms with E-state index in [1.165, 1.54) is 7.11 Å². The number of hydrogen-bond acceptors (Lipinski definition) is 4. The van der Waals surface area contributed by atoms with E-state index in [9.17, 15) is 14.4 Å². The molecule has 0 spiro atoms. The van der Waals surface area contributed by atoms with Gasteiger partial charge in [0, 0.05) is 10.2 Å². The normalized spacial score (nSPS) is 20.5. The minimum Gasteiger partial charge on any atom is -0.469 e. The molecule has 2 atom stereocenters. The Bertz CT molecular complexity index is 591. The molecular formula is C15H19BrN3O4+. The van der Waals surface area contributed by atoms with Gasteiger partial charge in [0.1, 0.15) is 6.42 Å². The van der Waals surface area contributed by atoms with Gasteiger partial charge in [-0.1, -0.05) is 15.9 Å². The molecule has 1 aromatic rings. The number of methoxy groups -OCH3 is 1. The molecule has 0 bridgehead atoms. The minimum absolute atomic E-state index is 0.0385. The van der Waals surface area contributed by atoms with Crippen LogP contribution in [0.4, 0.5) is 5.69 Å². The third-order valence-corrected chi connectivity index (χ3v) is 4.20. The standard InChI is InChI=1S/C15H18BrN3O4/c1-23-14(21)8-12-15(22)17-6-7-19(12)9-13(20)18-11-4-2-10(16)3-5-11/h2-5,12H,6-9H2,1H3,(H,17,22)(H,18,20)/p+1/t12-/m0/s1. The van der Waals surface area contributed by atoms with Gasteiger partial charge < -0.3 is 20.3 Å². The van der Waals surface area contributed by atoms with Crippen LogP contribution in [-0.4, -0.2) is 50.6 Å². The van der Waals surface area contributed by atoms with E-state index in [1.54, 1.807) is 12.1 Å². The Kier molecular flexibility index (Phi) is 6.12. The highest BCUT2D eigenvalue weighted by Crippen LogP contribution is 2.13. The van der Waals surface area contributed by atoms with Crippen LogP contribution >= 0.6 is 15.9 Å². The highest BCUT2D eigenvalue weighted by atomic mass is 79.9. The molecule has 7 nitrogen and oxygen atoms in total. The number of anilines is 1. The summed E-state index contributed by atoms with van der Waals surface area (Å²) in [6.45, 7) is 1.18. The number of benzene rings is 1. The Labute approximate surface area is 142 Å². The van der Waals surface area contributed by atoms with Crippen molar-refractivity contribution in [1.82, 2.24) is 5.32 Å². The summed E-state index contributed by atoms with van der Waals surface area (Å²) < 4.78 is 5.55. The average molecular weight is 385 g/mol. The van der Waals surface area contributed by atoms with E-state index < -0.39 is 12.0 Å². The summed E-state index contributed by atoms with van der Waals surface area (Å²) in [5, 5.41) is 5.51. The summed E-state index contributed by atoms with van der Waals surface area (Å²) in [7, 11) is 1.28. The average Bonchev–Trinajstić information content (AvgIpc) is 2.52. The van der Waals surface area contributed by atoms with Gasteiger partial charge in [0.25, 0.3) is 11.8 Å². The van der Waals surface area contributed by atoms with Crippen LogP contribution in [0.5, 0.6) is 0 Å². The number of amides is 2. The molecule has 23 heavy (non-hydrogen) atoms. The molecule has 2 amide bonds. The number of carbonyl (C=O) groups is 3. The highest BCUT2D eigenvalue weighted by molar-refractivity contribution is 9.10. The first-order chi connectivity index (χ1) is 11.0. The van der Waals surface area contributed by atoms with Crippen molar-refractivity contribution >= 4 is 39.4 Å². The number of rotatable bonds is 5. The summed E-state index contributed by atoms with van der Waals surface area (Å²) in [4.78, 5) is 36.4.